The molecule has 1 atom stereocenters. The summed E-state index contributed by atoms with van der Waals surface area (Å²) >= 11 is 0. The Morgan fingerprint density at radius 3 is 2.14 bits per heavy atom. The number of hydrogen-bond donors (Lipinski definition) is 2. The molecule has 0 aliphatic heterocycles. The summed E-state index contributed by atoms with van der Waals surface area (Å²) in [6.45, 7) is 6.88. The van der Waals surface area contributed by atoms with E-state index < -0.39 is 5.72 Å². The lowest BCUT2D eigenvalue weighted by Gasteiger charge is -2.30. The minimum atomic E-state index is -0.479. The van der Waals surface area contributed by atoms with Gasteiger partial charge in [-0.05, 0) is 12.8 Å². The van der Waals surface area contributed by atoms with Gasteiger partial charge >= 0.3 is 0 Å². The maximum Gasteiger partial charge on any atom is 0.116 e. The SMILES string of the molecule is CCCC(N)(CCC)OCC(C)CO. The zero-order chi connectivity index (χ0) is 11.0. The second-order valence-electron chi connectivity index (χ2n) is 4.16. The smallest absolute Gasteiger partial charge is 0.116 e. The second kappa shape index (κ2) is 7.21. The van der Waals surface area contributed by atoms with Crippen molar-refractivity contribution >= 4 is 0 Å². The highest BCUT2D eigenvalue weighted by molar-refractivity contribution is 4.72. The Morgan fingerprint density at radius 1 is 1.29 bits per heavy atom. The number of aliphatic hydroxyl groups is 1. The van der Waals surface area contributed by atoms with Gasteiger partial charge in [0.1, 0.15) is 5.72 Å². The lowest BCUT2D eigenvalue weighted by atomic mass is 10.0. The van der Waals surface area contributed by atoms with Crippen LogP contribution in [0.15, 0.2) is 0 Å². The molecule has 3 heteroatoms. The third-order valence-corrected chi connectivity index (χ3v) is 2.31. The summed E-state index contributed by atoms with van der Waals surface area (Å²) in [5.41, 5.74) is 5.64. The van der Waals surface area contributed by atoms with Gasteiger partial charge in [0, 0.05) is 12.5 Å². The molecule has 0 aromatic carbocycles. The minimum Gasteiger partial charge on any atom is -0.396 e. The normalized spacial score (nSPS) is 14.4. The first kappa shape index (κ1) is 13.9. The van der Waals surface area contributed by atoms with Crippen molar-refractivity contribution in [3.63, 3.8) is 0 Å². The van der Waals surface area contributed by atoms with Gasteiger partial charge in [-0.25, -0.2) is 0 Å². The molecule has 0 bridgehead atoms. The number of rotatable bonds is 8. The van der Waals surface area contributed by atoms with E-state index in [0.717, 1.165) is 25.7 Å². The molecule has 86 valence electrons. The molecule has 3 N–H and O–H groups in total. The molecule has 1 unspecified atom stereocenters. The van der Waals surface area contributed by atoms with Crippen LogP contribution in [0.1, 0.15) is 46.5 Å². The highest BCUT2D eigenvalue weighted by Crippen LogP contribution is 2.19. The van der Waals surface area contributed by atoms with Gasteiger partial charge in [0.2, 0.25) is 0 Å². The molecule has 14 heavy (non-hydrogen) atoms. The van der Waals surface area contributed by atoms with E-state index in [1.165, 1.54) is 0 Å². The van der Waals surface area contributed by atoms with E-state index in [0.29, 0.717) is 6.61 Å². The Hall–Kier alpha value is -0.120. The highest BCUT2D eigenvalue weighted by Gasteiger charge is 2.24. The van der Waals surface area contributed by atoms with Crippen LogP contribution in [-0.4, -0.2) is 24.0 Å². The lowest BCUT2D eigenvalue weighted by molar-refractivity contribution is -0.0719. The molecule has 0 aliphatic carbocycles. The molecular weight excluding hydrogens is 178 g/mol. The quantitative estimate of drug-likeness (QED) is 0.592. The van der Waals surface area contributed by atoms with Crippen molar-refractivity contribution in [2.24, 2.45) is 11.7 Å². The van der Waals surface area contributed by atoms with Crippen LogP contribution in [-0.2, 0) is 4.74 Å². The van der Waals surface area contributed by atoms with Crippen LogP contribution < -0.4 is 5.73 Å². The Labute approximate surface area is 87.6 Å². The van der Waals surface area contributed by atoms with Crippen LogP contribution in [0.4, 0.5) is 0 Å². The molecule has 0 spiro atoms. The van der Waals surface area contributed by atoms with E-state index in [-0.39, 0.29) is 12.5 Å². The summed E-state index contributed by atoms with van der Waals surface area (Å²) in [5.74, 6) is 0.173. The minimum absolute atomic E-state index is 0.161. The van der Waals surface area contributed by atoms with Gasteiger partial charge in [-0.15, -0.1) is 0 Å². The molecule has 3 nitrogen and oxygen atoms in total. The van der Waals surface area contributed by atoms with Gasteiger partial charge < -0.3 is 15.6 Å². The van der Waals surface area contributed by atoms with E-state index in [9.17, 15) is 0 Å². The second-order valence-corrected chi connectivity index (χ2v) is 4.16. The first-order valence-electron chi connectivity index (χ1n) is 5.61. The van der Waals surface area contributed by atoms with Crippen molar-refractivity contribution in [3.8, 4) is 0 Å². The number of ether oxygens (including phenoxy) is 1. The van der Waals surface area contributed by atoms with Crippen LogP contribution in [0, 0.1) is 5.92 Å². The summed E-state index contributed by atoms with van der Waals surface area (Å²) in [6.07, 6.45) is 3.84. The standard InChI is InChI=1S/C11H25NO2/c1-4-6-11(12,7-5-2)14-9-10(3)8-13/h10,13H,4-9,12H2,1-3H3. The Morgan fingerprint density at radius 2 is 1.79 bits per heavy atom. The fourth-order valence-corrected chi connectivity index (χ4v) is 1.48. The number of aliphatic hydroxyl groups excluding tert-OH is 1. The van der Waals surface area contributed by atoms with Crippen LogP contribution in [0.2, 0.25) is 0 Å². The van der Waals surface area contributed by atoms with Crippen molar-refractivity contribution < 1.29 is 9.84 Å². The number of nitrogens with two attached hydrogens (primary N) is 1. The Kier molecular flexibility index (Phi) is 7.15. The fraction of sp³-hybridized carbons (Fsp3) is 1.00. The summed E-state index contributed by atoms with van der Waals surface area (Å²) in [6, 6.07) is 0. The summed E-state index contributed by atoms with van der Waals surface area (Å²) in [5, 5.41) is 8.87. The van der Waals surface area contributed by atoms with Crippen LogP contribution in [0.25, 0.3) is 0 Å². The molecule has 0 aromatic rings. The van der Waals surface area contributed by atoms with E-state index in [1.807, 2.05) is 6.92 Å². The van der Waals surface area contributed by atoms with E-state index in [2.05, 4.69) is 13.8 Å². The van der Waals surface area contributed by atoms with Crippen molar-refractivity contribution in [1.82, 2.24) is 0 Å². The average molecular weight is 203 g/mol. The van der Waals surface area contributed by atoms with Gasteiger partial charge in [-0.3, -0.25) is 0 Å². The van der Waals surface area contributed by atoms with Gasteiger partial charge in [0.25, 0.3) is 0 Å². The van der Waals surface area contributed by atoms with Crippen LogP contribution >= 0.6 is 0 Å². The predicted octanol–water partition coefficient (Wildman–Crippen LogP) is 1.89. The van der Waals surface area contributed by atoms with E-state index >= 15 is 0 Å². The monoisotopic (exact) mass is 203 g/mol. The highest BCUT2D eigenvalue weighted by atomic mass is 16.5. The summed E-state index contributed by atoms with van der Waals surface area (Å²) in [7, 11) is 0. The first-order chi connectivity index (χ1) is 6.58. The van der Waals surface area contributed by atoms with Crippen molar-refractivity contribution in [2.45, 2.75) is 52.2 Å². The molecule has 0 radical (unpaired) electrons. The summed E-state index contributed by atoms with van der Waals surface area (Å²) < 4.78 is 5.68. The largest absolute Gasteiger partial charge is 0.396 e. The van der Waals surface area contributed by atoms with Gasteiger partial charge in [0.15, 0.2) is 0 Å². The van der Waals surface area contributed by atoms with Gasteiger partial charge in [-0.1, -0.05) is 33.6 Å². The summed E-state index contributed by atoms with van der Waals surface area (Å²) in [4.78, 5) is 0. The van der Waals surface area contributed by atoms with Gasteiger partial charge in [0.05, 0.1) is 6.61 Å². The van der Waals surface area contributed by atoms with E-state index in [1.54, 1.807) is 0 Å². The predicted molar refractivity (Wildman–Crippen MR) is 58.9 cm³/mol. The maximum atomic E-state index is 8.87. The third kappa shape index (κ3) is 5.58. The van der Waals surface area contributed by atoms with Crippen molar-refractivity contribution in [2.75, 3.05) is 13.2 Å². The Balaban J connectivity index is 3.94. The molecule has 0 amide bonds. The molecule has 0 aromatic heterocycles. The molecule has 0 fully saturated rings. The third-order valence-electron chi connectivity index (χ3n) is 2.31. The molecule has 0 heterocycles. The molecule has 0 saturated heterocycles. The zero-order valence-corrected chi connectivity index (χ0v) is 9.75. The average Bonchev–Trinajstić information content (AvgIpc) is 2.15. The lowest BCUT2D eigenvalue weighted by Crippen LogP contribution is -2.43. The Bertz CT molecular complexity index is 133. The van der Waals surface area contributed by atoms with Crippen LogP contribution in [0.3, 0.4) is 0 Å². The zero-order valence-electron chi connectivity index (χ0n) is 9.75. The molecule has 0 rings (SSSR count). The molecule has 0 aliphatic rings. The topological polar surface area (TPSA) is 55.5 Å². The first-order valence-corrected chi connectivity index (χ1v) is 5.61. The maximum absolute atomic E-state index is 8.87. The molecular formula is C11H25NO2. The van der Waals surface area contributed by atoms with Crippen molar-refractivity contribution in [1.29, 1.82) is 0 Å². The van der Waals surface area contributed by atoms with Crippen LogP contribution in [0.5, 0.6) is 0 Å². The fourth-order valence-electron chi connectivity index (χ4n) is 1.48. The number of hydrogen-bond acceptors (Lipinski definition) is 3. The molecule has 0 saturated carbocycles. The van der Waals surface area contributed by atoms with E-state index in [4.69, 9.17) is 15.6 Å². The van der Waals surface area contributed by atoms with Crippen molar-refractivity contribution in [3.05, 3.63) is 0 Å². The van der Waals surface area contributed by atoms with Gasteiger partial charge in [-0.2, -0.15) is 0 Å².